The van der Waals surface area contributed by atoms with Crippen LogP contribution in [0.1, 0.15) is 12.5 Å². The summed E-state index contributed by atoms with van der Waals surface area (Å²) in [6.07, 6.45) is 0.420. The van der Waals surface area contributed by atoms with E-state index in [1.807, 2.05) is 0 Å². The molecule has 1 atom stereocenters. The second-order valence-corrected chi connectivity index (χ2v) is 5.94. The Bertz CT molecular complexity index is 428. The average molecular weight is 245 g/mol. The Morgan fingerprint density at radius 3 is 2.31 bits per heavy atom. The van der Waals surface area contributed by atoms with Crippen molar-refractivity contribution in [2.24, 2.45) is 5.73 Å². The van der Waals surface area contributed by atoms with Crippen molar-refractivity contribution in [3.8, 4) is 0 Å². The number of sulfone groups is 1. The topological polar surface area (TPSA) is 60.2 Å². The number of hydrogen-bond acceptors (Lipinski definition) is 3. The molecule has 0 aliphatic heterocycles. The molecule has 0 aliphatic carbocycles. The first-order chi connectivity index (χ1) is 7.49. The summed E-state index contributed by atoms with van der Waals surface area (Å²) in [6.45, 7) is 1.03. The molecular formula is C11H16FNO2S. The normalized spacial score (nSPS) is 13.7. The Hall–Kier alpha value is -0.940. The highest BCUT2D eigenvalue weighted by atomic mass is 32.2. The van der Waals surface area contributed by atoms with Crippen molar-refractivity contribution in [2.75, 3.05) is 12.4 Å². The van der Waals surface area contributed by atoms with Gasteiger partial charge in [0.2, 0.25) is 0 Å². The van der Waals surface area contributed by atoms with Gasteiger partial charge in [-0.25, -0.2) is 12.8 Å². The fourth-order valence-electron chi connectivity index (χ4n) is 1.36. The molecule has 2 N–H and O–H groups in total. The lowest BCUT2D eigenvalue weighted by Gasteiger charge is -2.07. The molecule has 3 nitrogen and oxygen atoms in total. The lowest BCUT2D eigenvalue weighted by atomic mass is 10.1. The molecule has 0 aromatic heterocycles. The standard InChI is InChI=1S/C11H16FNO2S/c1-2-16(14,15)11-5-3-9(4-6-11)7-10(13)8-12/h3-6,10H,2,7-8,13H2,1H3/t10-/m0/s1. The SMILES string of the molecule is CCS(=O)(=O)c1ccc(C[C@H](N)CF)cc1. The summed E-state index contributed by atoms with van der Waals surface area (Å²) in [7, 11) is -3.15. The van der Waals surface area contributed by atoms with Gasteiger partial charge < -0.3 is 5.73 Å². The van der Waals surface area contributed by atoms with Crippen LogP contribution in [0.5, 0.6) is 0 Å². The first kappa shape index (κ1) is 13.1. The Balaban J connectivity index is 2.84. The number of halogens is 1. The second kappa shape index (κ2) is 5.41. The number of nitrogens with two attached hydrogens (primary N) is 1. The molecule has 0 radical (unpaired) electrons. The molecule has 0 saturated carbocycles. The van der Waals surface area contributed by atoms with Crippen LogP contribution in [-0.2, 0) is 16.3 Å². The van der Waals surface area contributed by atoms with E-state index in [0.29, 0.717) is 11.3 Å². The van der Waals surface area contributed by atoms with Crippen molar-refractivity contribution >= 4 is 9.84 Å². The Labute approximate surface area is 95.4 Å². The highest BCUT2D eigenvalue weighted by Crippen LogP contribution is 2.13. The highest BCUT2D eigenvalue weighted by Gasteiger charge is 2.11. The van der Waals surface area contributed by atoms with E-state index in [1.54, 1.807) is 31.2 Å². The van der Waals surface area contributed by atoms with E-state index in [9.17, 15) is 12.8 Å². The van der Waals surface area contributed by atoms with Crippen LogP contribution in [0.2, 0.25) is 0 Å². The number of rotatable bonds is 5. The van der Waals surface area contributed by atoms with Crippen LogP contribution in [-0.4, -0.2) is 26.9 Å². The van der Waals surface area contributed by atoms with Gasteiger partial charge in [0.1, 0.15) is 6.67 Å². The van der Waals surface area contributed by atoms with Gasteiger partial charge >= 0.3 is 0 Å². The Morgan fingerprint density at radius 1 is 1.31 bits per heavy atom. The molecule has 0 unspecified atom stereocenters. The average Bonchev–Trinajstić information content (AvgIpc) is 2.29. The highest BCUT2D eigenvalue weighted by molar-refractivity contribution is 7.91. The van der Waals surface area contributed by atoms with Crippen LogP contribution in [0.15, 0.2) is 29.2 Å². The first-order valence-corrected chi connectivity index (χ1v) is 6.78. The quantitative estimate of drug-likeness (QED) is 0.851. The maximum atomic E-state index is 12.2. The van der Waals surface area contributed by atoms with Gasteiger partial charge in [0.05, 0.1) is 10.6 Å². The molecule has 1 aromatic rings. The minimum absolute atomic E-state index is 0.0797. The minimum atomic E-state index is -3.15. The smallest absolute Gasteiger partial charge is 0.178 e. The van der Waals surface area contributed by atoms with Crippen LogP contribution < -0.4 is 5.73 Å². The van der Waals surface area contributed by atoms with Crippen molar-refractivity contribution in [3.05, 3.63) is 29.8 Å². The van der Waals surface area contributed by atoms with Crippen LogP contribution in [0.25, 0.3) is 0 Å². The van der Waals surface area contributed by atoms with Crippen molar-refractivity contribution < 1.29 is 12.8 Å². The van der Waals surface area contributed by atoms with Crippen LogP contribution in [0, 0.1) is 0 Å². The molecular weight excluding hydrogens is 229 g/mol. The fourth-order valence-corrected chi connectivity index (χ4v) is 2.24. The lowest BCUT2D eigenvalue weighted by molar-refractivity contribution is 0.427. The molecule has 1 aromatic carbocycles. The van der Waals surface area contributed by atoms with Gasteiger partial charge in [-0.15, -0.1) is 0 Å². The van der Waals surface area contributed by atoms with Gasteiger partial charge in [-0.2, -0.15) is 0 Å². The summed E-state index contributed by atoms with van der Waals surface area (Å²) in [5, 5.41) is 0. The summed E-state index contributed by atoms with van der Waals surface area (Å²) in [6, 6.07) is 5.92. The van der Waals surface area contributed by atoms with Crippen molar-refractivity contribution in [2.45, 2.75) is 24.3 Å². The molecule has 0 fully saturated rings. The number of alkyl halides is 1. The third-order valence-electron chi connectivity index (χ3n) is 2.36. The number of hydrogen-bond donors (Lipinski definition) is 1. The molecule has 1 rings (SSSR count). The molecule has 5 heteroatoms. The van der Waals surface area contributed by atoms with E-state index in [4.69, 9.17) is 5.73 Å². The molecule has 0 spiro atoms. The predicted molar refractivity (Wildman–Crippen MR) is 61.8 cm³/mol. The van der Waals surface area contributed by atoms with Gasteiger partial charge in [0, 0.05) is 6.04 Å². The lowest BCUT2D eigenvalue weighted by Crippen LogP contribution is -2.24. The van der Waals surface area contributed by atoms with Crippen LogP contribution in [0.3, 0.4) is 0 Å². The molecule has 0 heterocycles. The zero-order valence-corrected chi connectivity index (χ0v) is 10.0. The summed E-state index contributed by atoms with van der Waals surface area (Å²) in [5.74, 6) is 0.0797. The van der Waals surface area contributed by atoms with Gasteiger partial charge in [0.25, 0.3) is 0 Å². The zero-order chi connectivity index (χ0) is 12.2. The largest absolute Gasteiger partial charge is 0.325 e. The van der Waals surface area contributed by atoms with Crippen LogP contribution in [0.4, 0.5) is 4.39 Å². The van der Waals surface area contributed by atoms with E-state index in [0.717, 1.165) is 5.56 Å². The summed E-state index contributed by atoms with van der Waals surface area (Å²) in [4.78, 5) is 0.299. The molecule has 0 aliphatic rings. The molecule has 0 bridgehead atoms. The fraction of sp³-hybridized carbons (Fsp3) is 0.455. The van der Waals surface area contributed by atoms with Crippen LogP contribution >= 0.6 is 0 Å². The summed E-state index contributed by atoms with van der Waals surface area (Å²) in [5.41, 5.74) is 6.31. The van der Waals surface area contributed by atoms with E-state index >= 15 is 0 Å². The third-order valence-corrected chi connectivity index (χ3v) is 4.11. The monoisotopic (exact) mass is 245 g/mol. The van der Waals surface area contributed by atoms with Gasteiger partial charge in [-0.05, 0) is 24.1 Å². The second-order valence-electron chi connectivity index (χ2n) is 3.67. The molecule has 0 saturated heterocycles. The maximum Gasteiger partial charge on any atom is 0.178 e. The number of benzene rings is 1. The Morgan fingerprint density at radius 2 is 1.88 bits per heavy atom. The first-order valence-electron chi connectivity index (χ1n) is 5.13. The summed E-state index contributed by atoms with van der Waals surface area (Å²) >= 11 is 0. The maximum absolute atomic E-state index is 12.2. The third kappa shape index (κ3) is 3.28. The molecule has 90 valence electrons. The van der Waals surface area contributed by atoms with E-state index < -0.39 is 22.6 Å². The van der Waals surface area contributed by atoms with Gasteiger partial charge in [0.15, 0.2) is 9.84 Å². The Kier molecular flexibility index (Phi) is 4.44. The predicted octanol–water partition coefficient (Wildman–Crippen LogP) is 1.32. The van der Waals surface area contributed by atoms with Crippen molar-refractivity contribution in [1.29, 1.82) is 0 Å². The van der Waals surface area contributed by atoms with E-state index in [2.05, 4.69) is 0 Å². The minimum Gasteiger partial charge on any atom is -0.325 e. The van der Waals surface area contributed by atoms with Gasteiger partial charge in [-0.3, -0.25) is 0 Å². The molecule has 0 amide bonds. The molecule has 16 heavy (non-hydrogen) atoms. The summed E-state index contributed by atoms with van der Waals surface area (Å²) < 4.78 is 35.2. The van der Waals surface area contributed by atoms with E-state index in [1.165, 1.54) is 0 Å². The van der Waals surface area contributed by atoms with Crippen molar-refractivity contribution in [1.82, 2.24) is 0 Å². The van der Waals surface area contributed by atoms with E-state index in [-0.39, 0.29) is 5.75 Å². The van der Waals surface area contributed by atoms with Crippen molar-refractivity contribution in [3.63, 3.8) is 0 Å². The van der Waals surface area contributed by atoms with Gasteiger partial charge in [-0.1, -0.05) is 19.1 Å². The zero-order valence-electron chi connectivity index (χ0n) is 9.19.